The van der Waals surface area contributed by atoms with Gasteiger partial charge in [-0.05, 0) is 58.9 Å². The number of allylic oxidation sites excluding steroid dienone is 4. The summed E-state index contributed by atoms with van der Waals surface area (Å²) in [6.45, 7) is 0. The number of hydrogen-bond donors (Lipinski definition) is 0. The largest absolute Gasteiger partial charge is 0.422 e. The zero-order valence-electron chi connectivity index (χ0n) is 15.6. The predicted octanol–water partition coefficient (Wildman–Crippen LogP) is 8.20. The minimum absolute atomic E-state index is 0.188. The first kappa shape index (κ1) is 18.3. The topological polar surface area (TPSA) is 9.23 Å². The van der Waals surface area contributed by atoms with Gasteiger partial charge in [0.2, 0.25) is 0 Å². The van der Waals surface area contributed by atoms with E-state index in [9.17, 15) is 0 Å². The minimum atomic E-state index is -0.188. The van der Waals surface area contributed by atoms with E-state index in [1.54, 1.807) is 0 Å². The van der Waals surface area contributed by atoms with Gasteiger partial charge in [0.15, 0.2) is 0 Å². The molecule has 29 heavy (non-hydrogen) atoms. The van der Waals surface area contributed by atoms with Crippen molar-refractivity contribution in [1.82, 2.24) is 0 Å². The lowest BCUT2D eigenvalue weighted by molar-refractivity contribution is 0.615. The fourth-order valence-electron chi connectivity index (χ4n) is 3.93. The Balaban J connectivity index is 1.35. The van der Waals surface area contributed by atoms with Crippen molar-refractivity contribution in [2.24, 2.45) is 0 Å². The molecule has 2 aromatic carbocycles. The van der Waals surface area contributed by atoms with Gasteiger partial charge in [-0.2, -0.15) is 0 Å². The van der Waals surface area contributed by atoms with E-state index < -0.39 is 0 Å². The normalized spacial score (nSPS) is 25.5. The van der Waals surface area contributed by atoms with Gasteiger partial charge in [-0.25, -0.2) is 0 Å². The van der Waals surface area contributed by atoms with Gasteiger partial charge in [0.1, 0.15) is 5.76 Å². The molecule has 0 spiro atoms. The van der Waals surface area contributed by atoms with Gasteiger partial charge in [-0.1, -0.05) is 82.3 Å². The van der Waals surface area contributed by atoms with Crippen LogP contribution in [0.4, 0.5) is 0 Å². The second-order valence-electron chi connectivity index (χ2n) is 7.19. The second kappa shape index (κ2) is 7.62. The van der Waals surface area contributed by atoms with E-state index >= 15 is 0 Å². The molecule has 3 heterocycles. The van der Waals surface area contributed by atoms with Crippen LogP contribution in [0, 0.1) is 0 Å². The number of benzene rings is 2. The van der Waals surface area contributed by atoms with E-state index in [1.807, 2.05) is 32.4 Å². The Morgan fingerprint density at radius 2 is 1.48 bits per heavy atom. The van der Waals surface area contributed by atoms with Crippen molar-refractivity contribution >= 4 is 57.7 Å². The summed E-state index contributed by atoms with van der Waals surface area (Å²) in [4.78, 5) is 5.72. The highest BCUT2D eigenvalue weighted by Crippen LogP contribution is 2.61. The average Bonchev–Trinajstić information content (AvgIpc) is 3.49. The smallest absolute Gasteiger partial charge is 0.146 e. The molecule has 5 heteroatoms. The maximum Gasteiger partial charge on any atom is 0.146 e. The number of hydrogen-bond acceptors (Lipinski definition) is 4. The summed E-state index contributed by atoms with van der Waals surface area (Å²) in [5.74, 6) is 1.03. The van der Waals surface area contributed by atoms with Gasteiger partial charge >= 0.3 is 0 Å². The molecule has 0 saturated heterocycles. The molecule has 2 aromatic rings. The van der Waals surface area contributed by atoms with E-state index in [4.69, 9.17) is 4.18 Å². The summed E-state index contributed by atoms with van der Waals surface area (Å²) >= 11 is 0. The first-order chi connectivity index (χ1) is 14.4. The van der Waals surface area contributed by atoms with Crippen LogP contribution >= 0.6 is 42.2 Å². The Kier molecular flexibility index (Phi) is 4.80. The zero-order chi connectivity index (χ0) is 19.2. The van der Waals surface area contributed by atoms with Crippen molar-refractivity contribution in [3.05, 3.63) is 105 Å². The van der Waals surface area contributed by atoms with E-state index in [2.05, 4.69) is 72.8 Å². The molecule has 3 aliphatic heterocycles. The van der Waals surface area contributed by atoms with Gasteiger partial charge in [-0.3, -0.25) is 0 Å². The molecule has 1 aliphatic carbocycles. The second-order valence-corrected chi connectivity index (χ2v) is 12.5. The molecule has 144 valence electrons. The molecular weight excluding hydrogens is 433 g/mol. The first-order valence-corrected chi connectivity index (χ1v) is 14.3. The Labute approximate surface area is 185 Å². The maximum atomic E-state index is 6.39. The summed E-state index contributed by atoms with van der Waals surface area (Å²) in [6, 6.07) is 21.2. The fraction of sp³-hybridized carbons (Fsp3) is 0.125. The van der Waals surface area contributed by atoms with Crippen LogP contribution in [0.15, 0.2) is 93.8 Å². The standard InChI is InChI=1S/C24H18OS4/c1-3-8-16(9-4-1)20-14-23-19-13-7-12-18(24(19)28-29(23)25-20)22-15-21(26-27-22)17-10-5-2-6-11-17/h1-6,8-11,14-15H,7,12-13H2/b22-18-. The molecule has 0 aromatic heterocycles. The predicted molar refractivity (Wildman–Crippen MR) is 133 cm³/mol. The summed E-state index contributed by atoms with van der Waals surface area (Å²) in [6.07, 6.45) is 8.26. The average molecular weight is 451 g/mol. The van der Waals surface area contributed by atoms with Crippen molar-refractivity contribution in [1.29, 1.82) is 0 Å². The lowest BCUT2D eigenvalue weighted by Gasteiger charge is -2.19. The molecule has 0 radical (unpaired) electrons. The fourth-order valence-corrected chi connectivity index (χ4v) is 10.6. The maximum absolute atomic E-state index is 6.39. The lowest BCUT2D eigenvalue weighted by Crippen LogP contribution is -2.05. The molecule has 0 fully saturated rings. The van der Waals surface area contributed by atoms with Gasteiger partial charge < -0.3 is 4.18 Å². The third kappa shape index (κ3) is 3.28. The van der Waals surface area contributed by atoms with Crippen molar-refractivity contribution in [2.45, 2.75) is 19.3 Å². The van der Waals surface area contributed by atoms with Crippen molar-refractivity contribution < 1.29 is 4.18 Å². The van der Waals surface area contributed by atoms with Gasteiger partial charge in [0.05, 0.1) is 14.7 Å². The van der Waals surface area contributed by atoms with E-state index in [1.165, 1.54) is 61.1 Å². The summed E-state index contributed by atoms with van der Waals surface area (Å²) in [5.41, 5.74) is 5.56. The molecule has 4 aliphatic rings. The first-order valence-electron chi connectivity index (χ1n) is 9.70. The lowest BCUT2D eigenvalue weighted by atomic mass is 9.92. The molecule has 0 bridgehead atoms. The minimum Gasteiger partial charge on any atom is -0.422 e. The Hall–Kier alpha value is -1.53. The van der Waals surface area contributed by atoms with Crippen LogP contribution < -0.4 is 0 Å². The van der Waals surface area contributed by atoms with E-state index in [-0.39, 0.29) is 9.80 Å². The van der Waals surface area contributed by atoms with Crippen LogP contribution in [0.25, 0.3) is 10.7 Å². The molecule has 0 N–H and O–H groups in total. The zero-order valence-corrected chi connectivity index (χ0v) is 18.9. The third-order valence-electron chi connectivity index (χ3n) is 5.36. The van der Waals surface area contributed by atoms with Gasteiger partial charge in [0.25, 0.3) is 0 Å². The molecule has 6 rings (SSSR count). The highest BCUT2D eigenvalue weighted by Gasteiger charge is 2.35. The molecule has 1 nitrogen and oxygen atoms in total. The Morgan fingerprint density at radius 1 is 0.759 bits per heavy atom. The quantitative estimate of drug-likeness (QED) is 0.336. The molecule has 0 amide bonds. The van der Waals surface area contributed by atoms with Crippen LogP contribution in [0.5, 0.6) is 0 Å². The Morgan fingerprint density at radius 3 is 2.28 bits per heavy atom. The molecular formula is C24H18OS4. The summed E-state index contributed by atoms with van der Waals surface area (Å²) < 4.78 is 6.39. The van der Waals surface area contributed by atoms with Crippen LogP contribution in [0.3, 0.4) is 0 Å². The van der Waals surface area contributed by atoms with Crippen molar-refractivity contribution in [3.8, 4) is 0 Å². The summed E-state index contributed by atoms with van der Waals surface area (Å²) in [7, 11) is 5.56. The highest BCUT2D eigenvalue weighted by atomic mass is 33.1. The van der Waals surface area contributed by atoms with E-state index in [0.29, 0.717) is 0 Å². The van der Waals surface area contributed by atoms with Crippen LogP contribution in [0.2, 0.25) is 0 Å². The van der Waals surface area contributed by atoms with Gasteiger partial charge in [-0.15, -0.1) is 0 Å². The SMILES string of the molecule is C1=C(c2ccccc2)OS2=C1C1=C(S2)/C(=C2/C=C(c3ccccc3)SS2)CCC1. The molecule has 1 atom stereocenters. The van der Waals surface area contributed by atoms with Crippen LogP contribution in [0.1, 0.15) is 30.4 Å². The molecule has 0 saturated carbocycles. The summed E-state index contributed by atoms with van der Waals surface area (Å²) in [5, 5.41) is 0. The monoisotopic (exact) mass is 450 g/mol. The van der Waals surface area contributed by atoms with Gasteiger partial charge in [0, 0.05) is 20.3 Å². The van der Waals surface area contributed by atoms with E-state index in [0.717, 1.165) is 5.76 Å². The van der Waals surface area contributed by atoms with Crippen molar-refractivity contribution in [3.63, 3.8) is 0 Å². The number of fused-ring (bicyclic) bond motifs is 1. The highest BCUT2D eigenvalue weighted by molar-refractivity contribution is 8.84. The van der Waals surface area contributed by atoms with Crippen LogP contribution in [-0.2, 0) is 4.18 Å². The van der Waals surface area contributed by atoms with Crippen LogP contribution in [-0.4, -0.2) is 4.86 Å². The number of rotatable bonds is 2. The third-order valence-corrected chi connectivity index (χ3v) is 11.4. The molecule has 1 unspecified atom stereocenters. The Bertz CT molecular complexity index is 1150. The van der Waals surface area contributed by atoms with Crippen molar-refractivity contribution in [2.75, 3.05) is 0 Å².